The molecule has 0 bridgehead atoms. The zero-order valence-electron chi connectivity index (χ0n) is 11.5. The van der Waals surface area contributed by atoms with Gasteiger partial charge in [-0.05, 0) is 18.6 Å². The monoisotopic (exact) mass is 295 g/mol. The topological polar surface area (TPSA) is 67.2 Å². The van der Waals surface area contributed by atoms with Crippen LogP contribution >= 0.6 is 0 Å². The Labute approximate surface area is 120 Å². The summed E-state index contributed by atoms with van der Waals surface area (Å²) in [6.07, 6.45) is 2.10. The van der Waals surface area contributed by atoms with Gasteiger partial charge in [-0.25, -0.2) is 8.78 Å². The van der Waals surface area contributed by atoms with E-state index in [0.29, 0.717) is 12.2 Å². The van der Waals surface area contributed by atoms with Crippen LogP contribution in [0, 0.1) is 11.6 Å². The number of nitrogens with zero attached hydrogens (tertiary/aromatic N) is 1. The van der Waals surface area contributed by atoms with Crippen molar-refractivity contribution < 1.29 is 18.1 Å². The molecule has 0 unspecified atom stereocenters. The van der Waals surface area contributed by atoms with Crippen LogP contribution in [-0.4, -0.2) is 17.6 Å². The van der Waals surface area contributed by atoms with Gasteiger partial charge in [-0.1, -0.05) is 12.1 Å². The third kappa shape index (κ3) is 3.77. The lowest BCUT2D eigenvalue weighted by atomic mass is 10.1. The maximum atomic E-state index is 13.8. The minimum atomic E-state index is -0.796. The molecule has 2 rings (SSSR count). The van der Waals surface area contributed by atoms with Gasteiger partial charge < -0.3 is 15.2 Å². The number of hydrogen-bond acceptors (Lipinski definition) is 4. The average Bonchev–Trinajstić information content (AvgIpc) is 2.97. The van der Waals surface area contributed by atoms with E-state index in [4.69, 9.17) is 0 Å². The maximum absolute atomic E-state index is 13.8. The third-order valence-corrected chi connectivity index (χ3v) is 2.78. The summed E-state index contributed by atoms with van der Waals surface area (Å²) in [5.41, 5.74) is 0.214. The van der Waals surface area contributed by atoms with Crippen molar-refractivity contribution in [3.63, 3.8) is 0 Å². The summed E-state index contributed by atoms with van der Waals surface area (Å²) >= 11 is 0. The normalized spacial score (nSPS) is 10.4. The average molecular weight is 295 g/mol. The minimum Gasteiger partial charge on any atom is -0.380 e. The van der Waals surface area contributed by atoms with Gasteiger partial charge in [0.05, 0.1) is 6.54 Å². The van der Waals surface area contributed by atoms with Gasteiger partial charge in [0.15, 0.2) is 0 Å². The van der Waals surface area contributed by atoms with Crippen LogP contribution in [0.4, 0.5) is 14.5 Å². The van der Waals surface area contributed by atoms with Crippen molar-refractivity contribution >= 4 is 11.6 Å². The number of nitrogens with one attached hydrogen (secondary N) is 2. The van der Waals surface area contributed by atoms with Crippen molar-refractivity contribution in [1.82, 2.24) is 10.5 Å². The number of amides is 1. The van der Waals surface area contributed by atoms with E-state index in [2.05, 4.69) is 20.3 Å². The highest BCUT2D eigenvalue weighted by Crippen LogP contribution is 2.20. The van der Waals surface area contributed by atoms with E-state index in [1.807, 2.05) is 6.92 Å². The predicted molar refractivity (Wildman–Crippen MR) is 72.8 cm³/mol. The van der Waals surface area contributed by atoms with E-state index >= 15 is 0 Å². The van der Waals surface area contributed by atoms with Crippen LogP contribution < -0.4 is 10.6 Å². The van der Waals surface area contributed by atoms with E-state index in [9.17, 15) is 13.6 Å². The number of rotatable bonds is 6. The molecule has 1 amide bonds. The number of anilines is 1. The summed E-state index contributed by atoms with van der Waals surface area (Å²) in [6, 6.07) is 3.58. The lowest BCUT2D eigenvalue weighted by Gasteiger charge is -2.10. The SMILES string of the molecule is CCCNc1c(F)cc(C(=O)NCc2ccon2)cc1F. The van der Waals surface area contributed by atoms with Crippen LogP contribution in [0.5, 0.6) is 0 Å². The van der Waals surface area contributed by atoms with Gasteiger partial charge >= 0.3 is 0 Å². The summed E-state index contributed by atoms with van der Waals surface area (Å²) in [6.45, 7) is 2.45. The molecule has 0 saturated heterocycles. The van der Waals surface area contributed by atoms with E-state index in [0.717, 1.165) is 18.6 Å². The third-order valence-electron chi connectivity index (χ3n) is 2.78. The number of benzene rings is 1. The van der Waals surface area contributed by atoms with Crippen molar-refractivity contribution in [2.45, 2.75) is 19.9 Å². The second-order valence-corrected chi connectivity index (χ2v) is 4.42. The Balaban J connectivity index is 2.07. The molecule has 0 spiro atoms. The van der Waals surface area contributed by atoms with Crippen LogP contribution in [0.25, 0.3) is 0 Å². The quantitative estimate of drug-likeness (QED) is 0.860. The fourth-order valence-corrected chi connectivity index (χ4v) is 1.72. The largest absolute Gasteiger partial charge is 0.380 e. The number of hydrogen-bond donors (Lipinski definition) is 2. The Kier molecular flexibility index (Phi) is 4.86. The Morgan fingerprint density at radius 3 is 2.62 bits per heavy atom. The first-order chi connectivity index (χ1) is 10.1. The summed E-state index contributed by atoms with van der Waals surface area (Å²) in [4.78, 5) is 11.8. The van der Waals surface area contributed by atoms with Crippen molar-refractivity contribution in [2.75, 3.05) is 11.9 Å². The maximum Gasteiger partial charge on any atom is 0.251 e. The molecule has 0 saturated carbocycles. The highest BCUT2D eigenvalue weighted by Gasteiger charge is 2.15. The standard InChI is InChI=1S/C14H15F2N3O2/c1-2-4-17-13-11(15)6-9(7-12(13)16)14(20)18-8-10-3-5-21-19-10/h3,5-7,17H,2,4,8H2,1H3,(H,18,20). The number of carbonyl (C=O) groups is 1. The Morgan fingerprint density at radius 2 is 2.05 bits per heavy atom. The molecule has 0 atom stereocenters. The summed E-state index contributed by atoms with van der Waals surface area (Å²) in [5.74, 6) is -2.18. The molecule has 2 N–H and O–H groups in total. The zero-order valence-corrected chi connectivity index (χ0v) is 11.5. The highest BCUT2D eigenvalue weighted by molar-refractivity contribution is 5.94. The van der Waals surface area contributed by atoms with Gasteiger partial charge in [-0.2, -0.15) is 0 Å². The molecule has 0 fully saturated rings. The van der Waals surface area contributed by atoms with Gasteiger partial charge in [0.2, 0.25) is 0 Å². The lowest BCUT2D eigenvalue weighted by molar-refractivity contribution is 0.0949. The van der Waals surface area contributed by atoms with Gasteiger partial charge in [0.1, 0.15) is 29.3 Å². The van der Waals surface area contributed by atoms with Gasteiger partial charge in [-0.15, -0.1) is 0 Å². The van der Waals surface area contributed by atoms with Crippen molar-refractivity contribution in [3.05, 3.63) is 47.4 Å². The van der Waals surface area contributed by atoms with Crippen LogP contribution in [0.2, 0.25) is 0 Å². The smallest absolute Gasteiger partial charge is 0.251 e. The van der Waals surface area contributed by atoms with Crippen LogP contribution in [0.3, 0.4) is 0 Å². The first kappa shape index (κ1) is 15.0. The van der Waals surface area contributed by atoms with Crippen LogP contribution in [-0.2, 0) is 6.54 Å². The molecule has 0 aliphatic carbocycles. The molecule has 5 nitrogen and oxygen atoms in total. The minimum absolute atomic E-state index is 0.0875. The van der Waals surface area contributed by atoms with Gasteiger partial charge in [0.25, 0.3) is 5.91 Å². The Hall–Kier alpha value is -2.44. The molecule has 1 heterocycles. The highest BCUT2D eigenvalue weighted by atomic mass is 19.1. The second-order valence-electron chi connectivity index (χ2n) is 4.42. The molecule has 0 radical (unpaired) electrons. The molecular formula is C14H15F2N3O2. The van der Waals surface area contributed by atoms with Gasteiger partial charge in [-0.3, -0.25) is 4.79 Å². The summed E-state index contributed by atoms with van der Waals surface area (Å²) in [7, 11) is 0. The first-order valence-electron chi connectivity index (χ1n) is 6.52. The lowest BCUT2D eigenvalue weighted by Crippen LogP contribution is -2.23. The van der Waals surface area contributed by atoms with Crippen LogP contribution in [0.15, 0.2) is 29.0 Å². The molecule has 21 heavy (non-hydrogen) atoms. The first-order valence-corrected chi connectivity index (χ1v) is 6.52. The second kappa shape index (κ2) is 6.83. The predicted octanol–water partition coefficient (Wildman–Crippen LogP) is 2.70. The number of aromatic nitrogens is 1. The molecule has 2 aromatic rings. The molecule has 0 aliphatic heterocycles. The Bertz CT molecular complexity index is 592. The zero-order chi connectivity index (χ0) is 15.2. The van der Waals surface area contributed by atoms with E-state index in [1.165, 1.54) is 6.26 Å². The number of carbonyl (C=O) groups excluding carboxylic acids is 1. The molecule has 7 heteroatoms. The molecule has 112 valence electrons. The van der Waals surface area contributed by atoms with Crippen molar-refractivity contribution in [3.8, 4) is 0 Å². The number of halogens is 2. The molecular weight excluding hydrogens is 280 g/mol. The molecule has 1 aromatic heterocycles. The van der Waals surface area contributed by atoms with Crippen molar-refractivity contribution in [1.29, 1.82) is 0 Å². The summed E-state index contributed by atoms with van der Waals surface area (Å²) < 4.78 is 32.2. The fourth-order valence-electron chi connectivity index (χ4n) is 1.72. The van der Waals surface area contributed by atoms with E-state index < -0.39 is 17.5 Å². The van der Waals surface area contributed by atoms with Crippen LogP contribution in [0.1, 0.15) is 29.4 Å². The summed E-state index contributed by atoms with van der Waals surface area (Å²) in [5, 5.41) is 8.77. The Morgan fingerprint density at radius 1 is 1.33 bits per heavy atom. The van der Waals surface area contributed by atoms with E-state index in [1.54, 1.807) is 6.07 Å². The fraction of sp³-hybridized carbons (Fsp3) is 0.286. The van der Waals surface area contributed by atoms with Gasteiger partial charge in [0, 0.05) is 18.2 Å². The van der Waals surface area contributed by atoms with E-state index in [-0.39, 0.29) is 17.8 Å². The molecule has 0 aliphatic rings. The molecule has 1 aromatic carbocycles. The van der Waals surface area contributed by atoms with Crippen molar-refractivity contribution in [2.24, 2.45) is 0 Å².